The zero-order valence-electron chi connectivity index (χ0n) is 9.84. The first-order chi connectivity index (χ1) is 7.44. The summed E-state index contributed by atoms with van der Waals surface area (Å²) in [5.41, 5.74) is -0.622. The summed E-state index contributed by atoms with van der Waals surface area (Å²) in [6.45, 7) is 5.41. The normalized spacial score (nSPS) is 15.1. The van der Waals surface area contributed by atoms with Crippen LogP contribution in [0.25, 0.3) is 0 Å². The van der Waals surface area contributed by atoms with Crippen molar-refractivity contribution in [1.29, 1.82) is 0 Å². The van der Waals surface area contributed by atoms with Crippen LogP contribution in [0.15, 0.2) is 10.5 Å². The highest BCUT2D eigenvalue weighted by Gasteiger charge is 2.18. The first-order valence-electron chi connectivity index (χ1n) is 5.11. The number of thioether (sulfide) groups is 1. The second-order valence-corrected chi connectivity index (χ2v) is 7.21. The zero-order valence-corrected chi connectivity index (χ0v) is 13.1. The Labute approximate surface area is 114 Å². The zero-order chi connectivity index (χ0) is 12.2. The Morgan fingerprint density at radius 1 is 1.62 bits per heavy atom. The minimum absolute atomic E-state index is 0.622. The van der Waals surface area contributed by atoms with Gasteiger partial charge in [-0.2, -0.15) is 11.8 Å². The van der Waals surface area contributed by atoms with E-state index in [1.54, 1.807) is 23.1 Å². The summed E-state index contributed by atoms with van der Waals surface area (Å²) >= 11 is 6.95. The van der Waals surface area contributed by atoms with Crippen LogP contribution >= 0.6 is 39.0 Å². The molecule has 1 atom stereocenters. The van der Waals surface area contributed by atoms with Gasteiger partial charge in [-0.25, -0.2) is 0 Å². The van der Waals surface area contributed by atoms with E-state index in [2.05, 4.69) is 34.2 Å². The molecule has 1 rings (SSSR count). The first-order valence-corrected chi connectivity index (χ1v) is 8.12. The summed E-state index contributed by atoms with van der Waals surface area (Å²) in [6.07, 6.45) is 2.01. The van der Waals surface area contributed by atoms with E-state index in [1.165, 1.54) is 14.2 Å². The lowest BCUT2D eigenvalue weighted by atomic mass is 10.1. The lowest BCUT2D eigenvalue weighted by molar-refractivity contribution is 0.0846. The summed E-state index contributed by atoms with van der Waals surface area (Å²) in [5.74, 6) is 0.757. The topological polar surface area (TPSA) is 32.3 Å². The fourth-order valence-corrected chi connectivity index (χ4v) is 3.72. The van der Waals surface area contributed by atoms with E-state index in [9.17, 15) is 5.11 Å². The maximum Gasteiger partial charge on any atom is 0.0833 e. The van der Waals surface area contributed by atoms with Crippen molar-refractivity contribution in [2.24, 2.45) is 0 Å². The van der Waals surface area contributed by atoms with E-state index in [0.717, 1.165) is 12.3 Å². The quantitative estimate of drug-likeness (QED) is 0.844. The van der Waals surface area contributed by atoms with Gasteiger partial charge in [-0.3, -0.25) is 0 Å². The molecule has 0 amide bonds. The molecule has 1 heterocycles. The minimum atomic E-state index is -0.622. The van der Waals surface area contributed by atoms with Crippen LogP contribution in [-0.4, -0.2) is 29.3 Å². The van der Waals surface area contributed by atoms with E-state index < -0.39 is 5.60 Å². The van der Waals surface area contributed by atoms with Crippen molar-refractivity contribution in [3.8, 4) is 0 Å². The molecule has 0 aliphatic rings. The van der Waals surface area contributed by atoms with Crippen molar-refractivity contribution < 1.29 is 5.11 Å². The van der Waals surface area contributed by atoms with Gasteiger partial charge in [0.15, 0.2) is 0 Å². The number of aliphatic hydroxyl groups is 1. The van der Waals surface area contributed by atoms with Crippen molar-refractivity contribution in [3.63, 3.8) is 0 Å². The molecule has 0 radical (unpaired) electrons. The number of thiophene rings is 1. The van der Waals surface area contributed by atoms with Crippen LogP contribution in [-0.2, 0) is 6.54 Å². The van der Waals surface area contributed by atoms with Crippen LogP contribution in [0.1, 0.15) is 16.7 Å². The van der Waals surface area contributed by atoms with Gasteiger partial charge < -0.3 is 10.4 Å². The Morgan fingerprint density at radius 3 is 2.81 bits per heavy atom. The number of hydrogen-bond acceptors (Lipinski definition) is 4. The molecule has 0 aromatic carbocycles. The van der Waals surface area contributed by atoms with Crippen molar-refractivity contribution >= 4 is 39.0 Å². The minimum Gasteiger partial charge on any atom is -0.388 e. The van der Waals surface area contributed by atoms with Gasteiger partial charge in [-0.15, -0.1) is 11.3 Å². The van der Waals surface area contributed by atoms with Crippen molar-refractivity contribution in [2.45, 2.75) is 26.0 Å². The van der Waals surface area contributed by atoms with Gasteiger partial charge in [-0.1, -0.05) is 0 Å². The molecule has 2 N–H and O–H groups in total. The van der Waals surface area contributed by atoms with E-state index in [0.29, 0.717) is 6.54 Å². The van der Waals surface area contributed by atoms with Crippen LogP contribution < -0.4 is 5.32 Å². The number of halogens is 1. The highest BCUT2D eigenvalue weighted by atomic mass is 79.9. The SMILES string of the molecule is CSCC(C)(O)CNCc1cc(Br)c(C)s1. The third-order valence-electron chi connectivity index (χ3n) is 2.17. The smallest absolute Gasteiger partial charge is 0.0833 e. The van der Waals surface area contributed by atoms with Gasteiger partial charge in [0, 0.05) is 33.1 Å². The van der Waals surface area contributed by atoms with Crippen LogP contribution in [0.5, 0.6) is 0 Å². The van der Waals surface area contributed by atoms with Crippen molar-refractivity contribution in [2.75, 3.05) is 18.6 Å². The fourth-order valence-electron chi connectivity index (χ4n) is 1.42. The van der Waals surface area contributed by atoms with Crippen LogP contribution in [0.2, 0.25) is 0 Å². The average molecular weight is 324 g/mol. The molecule has 2 nitrogen and oxygen atoms in total. The number of nitrogens with one attached hydrogen (secondary N) is 1. The molecule has 0 fully saturated rings. The second kappa shape index (κ2) is 6.40. The Kier molecular flexibility index (Phi) is 5.81. The molecule has 92 valence electrons. The van der Waals surface area contributed by atoms with Gasteiger partial charge in [0.05, 0.1) is 5.60 Å². The Balaban J connectivity index is 2.35. The molecule has 0 saturated heterocycles. The van der Waals surface area contributed by atoms with Crippen LogP contribution in [0.3, 0.4) is 0 Å². The van der Waals surface area contributed by atoms with Gasteiger partial charge in [-0.05, 0) is 42.1 Å². The number of hydrogen-bond donors (Lipinski definition) is 2. The molecule has 0 aliphatic heterocycles. The predicted octanol–water partition coefficient (Wildman–Crippen LogP) is 3.02. The maximum absolute atomic E-state index is 9.96. The van der Waals surface area contributed by atoms with E-state index in [1.807, 2.05) is 13.2 Å². The predicted molar refractivity (Wildman–Crippen MR) is 77.5 cm³/mol. The average Bonchev–Trinajstić information content (AvgIpc) is 2.45. The third-order valence-corrected chi connectivity index (χ3v) is 5.22. The van der Waals surface area contributed by atoms with Crippen molar-refractivity contribution in [1.82, 2.24) is 5.32 Å². The molecule has 1 aromatic heterocycles. The Morgan fingerprint density at radius 2 is 2.31 bits per heavy atom. The Hall–Kier alpha value is 0.450. The molecule has 0 saturated carbocycles. The molecular weight excluding hydrogens is 306 g/mol. The Bertz CT molecular complexity index is 319. The van der Waals surface area contributed by atoms with E-state index >= 15 is 0 Å². The summed E-state index contributed by atoms with van der Waals surface area (Å²) in [5, 5.41) is 13.3. The highest BCUT2D eigenvalue weighted by molar-refractivity contribution is 9.10. The fraction of sp³-hybridized carbons (Fsp3) is 0.636. The summed E-state index contributed by atoms with van der Waals surface area (Å²) < 4.78 is 1.17. The van der Waals surface area contributed by atoms with Gasteiger partial charge >= 0.3 is 0 Å². The second-order valence-electron chi connectivity index (χ2n) is 4.15. The molecule has 5 heteroatoms. The monoisotopic (exact) mass is 323 g/mol. The summed E-state index contributed by atoms with van der Waals surface area (Å²) in [4.78, 5) is 2.59. The van der Waals surface area contributed by atoms with Crippen LogP contribution in [0, 0.1) is 6.92 Å². The standard InChI is InChI=1S/C11H18BrNOS2/c1-8-10(12)4-9(16-8)5-13-6-11(2,14)7-15-3/h4,13-14H,5-7H2,1-3H3. The lowest BCUT2D eigenvalue weighted by Crippen LogP contribution is -2.39. The van der Waals surface area contributed by atoms with Crippen molar-refractivity contribution in [3.05, 3.63) is 20.3 Å². The highest BCUT2D eigenvalue weighted by Crippen LogP contribution is 2.26. The molecule has 1 aromatic rings. The van der Waals surface area contributed by atoms with E-state index in [-0.39, 0.29) is 0 Å². The van der Waals surface area contributed by atoms with Crippen LogP contribution in [0.4, 0.5) is 0 Å². The molecule has 16 heavy (non-hydrogen) atoms. The lowest BCUT2D eigenvalue weighted by Gasteiger charge is -2.22. The molecule has 1 unspecified atom stereocenters. The number of rotatable bonds is 6. The molecule has 0 spiro atoms. The molecular formula is C11H18BrNOS2. The largest absolute Gasteiger partial charge is 0.388 e. The van der Waals surface area contributed by atoms with Gasteiger partial charge in [0.25, 0.3) is 0 Å². The van der Waals surface area contributed by atoms with Gasteiger partial charge in [0.1, 0.15) is 0 Å². The summed E-state index contributed by atoms with van der Waals surface area (Å²) in [7, 11) is 0. The van der Waals surface area contributed by atoms with E-state index in [4.69, 9.17) is 0 Å². The maximum atomic E-state index is 9.96. The summed E-state index contributed by atoms with van der Waals surface area (Å²) in [6, 6.07) is 2.14. The first kappa shape index (κ1) is 14.5. The molecule has 0 aliphatic carbocycles. The third kappa shape index (κ3) is 4.75. The van der Waals surface area contributed by atoms with Gasteiger partial charge in [0.2, 0.25) is 0 Å². The number of aryl methyl sites for hydroxylation is 1. The molecule has 0 bridgehead atoms.